The van der Waals surface area contributed by atoms with E-state index in [0.717, 1.165) is 24.8 Å². The second-order valence-electron chi connectivity index (χ2n) is 4.21. The Morgan fingerprint density at radius 3 is 2.88 bits per heavy atom. The van der Waals surface area contributed by atoms with Crippen molar-refractivity contribution in [3.8, 4) is 11.7 Å². The van der Waals surface area contributed by atoms with Gasteiger partial charge >= 0.3 is 0 Å². The Kier molecular flexibility index (Phi) is 2.36. The van der Waals surface area contributed by atoms with Crippen LogP contribution in [-0.2, 0) is 7.05 Å². The number of hydrogen-bond acceptors (Lipinski definition) is 4. The number of imidazole rings is 1. The number of methoxy groups -OCH3 is 1. The molecule has 1 aliphatic rings. The first kappa shape index (κ1) is 10.3. The maximum absolute atomic E-state index is 5.22. The first-order valence-corrected chi connectivity index (χ1v) is 5.61. The van der Waals surface area contributed by atoms with Crippen LogP contribution in [0, 0.1) is 0 Å². The predicted octanol–water partition coefficient (Wildman–Crippen LogP) is 0.301. The highest BCUT2D eigenvalue weighted by Gasteiger charge is 2.23. The van der Waals surface area contributed by atoms with E-state index < -0.39 is 0 Å². The molecule has 2 aromatic heterocycles. The summed E-state index contributed by atoms with van der Waals surface area (Å²) < 4.78 is 8.96. The van der Waals surface area contributed by atoms with Crippen molar-refractivity contribution in [2.45, 2.75) is 5.92 Å². The molecule has 6 heteroatoms. The molecule has 0 saturated carbocycles. The lowest BCUT2D eigenvalue weighted by Gasteiger charge is -2.27. The van der Waals surface area contributed by atoms with E-state index >= 15 is 0 Å². The number of rotatable bonds is 3. The van der Waals surface area contributed by atoms with Gasteiger partial charge in [0, 0.05) is 44.0 Å². The van der Waals surface area contributed by atoms with Gasteiger partial charge in [-0.15, -0.1) is 0 Å². The van der Waals surface area contributed by atoms with Crippen molar-refractivity contribution >= 4 is 0 Å². The third-order valence-corrected chi connectivity index (χ3v) is 3.15. The molecule has 1 aliphatic heterocycles. The Hall–Kier alpha value is -1.82. The van der Waals surface area contributed by atoms with Gasteiger partial charge in [-0.05, 0) is 0 Å². The molecule has 90 valence electrons. The summed E-state index contributed by atoms with van der Waals surface area (Å²) in [5.41, 5.74) is 1.20. The van der Waals surface area contributed by atoms with Gasteiger partial charge in [0.05, 0.1) is 7.11 Å². The molecule has 6 nitrogen and oxygen atoms in total. The maximum Gasteiger partial charge on any atom is 0.213 e. The van der Waals surface area contributed by atoms with Crippen molar-refractivity contribution in [3.05, 3.63) is 24.3 Å². The van der Waals surface area contributed by atoms with E-state index in [9.17, 15) is 0 Å². The molecule has 1 fully saturated rings. The van der Waals surface area contributed by atoms with E-state index in [1.165, 1.54) is 5.69 Å². The third-order valence-electron chi connectivity index (χ3n) is 3.15. The minimum absolute atomic E-state index is 0.533. The summed E-state index contributed by atoms with van der Waals surface area (Å²) in [5, 5.41) is 7.68. The number of aromatic nitrogens is 4. The first-order chi connectivity index (χ1) is 8.29. The van der Waals surface area contributed by atoms with Crippen LogP contribution in [0.3, 0.4) is 0 Å². The highest BCUT2D eigenvalue weighted by Crippen LogP contribution is 2.23. The highest BCUT2D eigenvalue weighted by molar-refractivity contribution is 5.32. The summed E-state index contributed by atoms with van der Waals surface area (Å²) in [7, 11) is 3.51. The summed E-state index contributed by atoms with van der Waals surface area (Å²) in [6.07, 6.45) is 3.71. The van der Waals surface area contributed by atoms with Gasteiger partial charge < -0.3 is 10.1 Å². The molecule has 1 N–H and O–H groups in total. The fourth-order valence-corrected chi connectivity index (χ4v) is 2.04. The van der Waals surface area contributed by atoms with Crippen molar-refractivity contribution in [3.63, 3.8) is 0 Å². The molecular weight excluding hydrogens is 218 g/mol. The van der Waals surface area contributed by atoms with Crippen LogP contribution in [0.25, 0.3) is 5.82 Å². The molecule has 3 heterocycles. The van der Waals surface area contributed by atoms with Gasteiger partial charge in [0.15, 0.2) is 5.82 Å². The van der Waals surface area contributed by atoms with Crippen LogP contribution >= 0.6 is 0 Å². The number of aryl methyl sites for hydroxylation is 1. The molecule has 0 unspecified atom stereocenters. The zero-order valence-electron chi connectivity index (χ0n) is 9.92. The fraction of sp³-hybridized carbons (Fsp3) is 0.455. The van der Waals surface area contributed by atoms with Crippen LogP contribution in [-0.4, -0.2) is 39.5 Å². The Morgan fingerprint density at radius 1 is 1.47 bits per heavy atom. The number of hydrogen-bond donors (Lipinski definition) is 1. The molecule has 3 rings (SSSR count). The fourth-order valence-electron chi connectivity index (χ4n) is 2.04. The summed E-state index contributed by atoms with van der Waals surface area (Å²) in [5.74, 6) is 2.13. The molecule has 1 saturated heterocycles. The summed E-state index contributed by atoms with van der Waals surface area (Å²) >= 11 is 0. The van der Waals surface area contributed by atoms with Crippen LogP contribution in [0.4, 0.5) is 0 Å². The van der Waals surface area contributed by atoms with Gasteiger partial charge in [-0.1, -0.05) is 0 Å². The van der Waals surface area contributed by atoms with E-state index in [0.29, 0.717) is 5.92 Å². The lowest BCUT2D eigenvalue weighted by molar-refractivity contribution is 0.373. The largest absolute Gasteiger partial charge is 0.481 e. The van der Waals surface area contributed by atoms with Gasteiger partial charge in [0.1, 0.15) is 6.33 Å². The Labute approximate surface area is 99.2 Å². The molecule has 2 aromatic rings. The summed E-state index contributed by atoms with van der Waals surface area (Å²) in [6.45, 7) is 2.02. The normalized spacial score (nSPS) is 15.9. The van der Waals surface area contributed by atoms with Crippen molar-refractivity contribution in [1.82, 2.24) is 24.6 Å². The highest BCUT2D eigenvalue weighted by atomic mass is 16.5. The maximum atomic E-state index is 5.22. The van der Waals surface area contributed by atoms with Crippen LogP contribution in [0.1, 0.15) is 11.6 Å². The summed E-state index contributed by atoms with van der Waals surface area (Å²) in [4.78, 5) is 4.21. The van der Waals surface area contributed by atoms with Crippen molar-refractivity contribution in [1.29, 1.82) is 0 Å². The smallest absolute Gasteiger partial charge is 0.213 e. The van der Waals surface area contributed by atoms with Crippen LogP contribution < -0.4 is 10.1 Å². The van der Waals surface area contributed by atoms with Gasteiger partial charge in [-0.3, -0.25) is 4.57 Å². The molecule has 0 amide bonds. The Bertz CT molecular complexity index is 526. The monoisotopic (exact) mass is 233 g/mol. The minimum atomic E-state index is 0.533. The third kappa shape index (κ3) is 1.61. The quantitative estimate of drug-likeness (QED) is 0.828. The van der Waals surface area contributed by atoms with Crippen molar-refractivity contribution in [2.75, 3.05) is 20.2 Å². The minimum Gasteiger partial charge on any atom is -0.481 e. The molecule has 0 aromatic carbocycles. The molecule has 0 aliphatic carbocycles. The second kappa shape index (κ2) is 3.89. The van der Waals surface area contributed by atoms with Crippen molar-refractivity contribution < 1.29 is 4.74 Å². The SMILES string of the molecule is COc1cc(-n2cncc2C2CNC2)nn1C. The zero-order valence-corrected chi connectivity index (χ0v) is 9.92. The Balaban J connectivity index is 1.99. The molecular formula is C11H15N5O. The molecule has 0 atom stereocenters. The standard InChI is InChI=1S/C11H15N5O/c1-15-11(17-2)3-10(14-15)16-7-13-6-9(16)8-4-12-5-8/h3,6-8,12H,4-5H2,1-2H3. The zero-order chi connectivity index (χ0) is 11.8. The molecule has 17 heavy (non-hydrogen) atoms. The number of ether oxygens (including phenoxy) is 1. The molecule has 0 spiro atoms. The first-order valence-electron chi connectivity index (χ1n) is 5.61. The molecule has 0 bridgehead atoms. The summed E-state index contributed by atoms with van der Waals surface area (Å²) in [6, 6.07) is 1.91. The van der Waals surface area contributed by atoms with Gasteiger partial charge in [0.25, 0.3) is 0 Å². The van der Waals surface area contributed by atoms with Crippen molar-refractivity contribution in [2.24, 2.45) is 7.05 Å². The van der Waals surface area contributed by atoms with Gasteiger partial charge in [-0.25, -0.2) is 9.67 Å². The van der Waals surface area contributed by atoms with Crippen LogP contribution in [0.2, 0.25) is 0 Å². The van der Waals surface area contributed by atoms with E-state index in [1.54, 1.807) is 18.1 Å². The van der Waals surface area contributed by atoms with E-state index in [4.69, 9.17) is 4.74 Å². The topological polar surface area (TPSA) is 56.9 Å². The second-order valence-corrected chi connectivity index (χ2v) is 4.21. The molecule has 0 radical (unpaired) electrons. The Morgan fingerprint density at radius 2 is 2.29 bits per heavy atom. The van der Waals surface area contributed by atoms with Crippen LogP contribution in [0.5, 0.6) is 5.88 Å². The van der Waals surface area contributed by atoms with E-state index in [-0.39, 0.29) is 0 Å². The number of nitrogens with zero attached hydrogens (tertiary/aromatic N) is 4. The lowest BCUT2D eigenvalue weighted by Crippen LogP contribution is -2.40. The lowest BCUT2D eigenvalue weighted by atomic mass is 10.00. The average Bonchev–Trinajstić information content (AvgIpc) is 2.82. The van der Waals surface area contributed by atoms with Crippen LogP contribution in [0.15, 0.2) is 18.6 Å². The number of nitrogens with one attached hydrogen (secondary N) is 1. The van der Waals surface area contributed by atoms with Gasteiger partial charge in [-0.2, -0.15) is 5.10 Å². The van der Waals surface area contributed by atoms with E-state index in [1.807, 2.05) is 23.9 Å². The van der Waals surface area contributed by atoms with Gasteiger partial charge in [0.2, 0.25) is 5.88 Å². The predicted molar refractivity (Wildman–Crippen MR) is 62.5 cm³/mol. The average molecular weight is 233 g/mol. The van der Waals surface area contributed by atoms with E-state index in [2.05, 4.69) is 15.4 Å².